The molecular weight excluding hydrogens is 321 g/mol. The molecule has 2 rings (SSSR count). The number of aryl methyl sites for hydroxylation is 1. The third kappa shape index (κ3) is 5.31. The Morgan fingerprint density at radius 1 is 1.18 bits per heavy atom. The number of unbranched alkanes of at least 4 members (excludes halogenated alkanes) is 1. The predicted molar refractivity (Wildman–Crippen MR) is 91.5 cm³/mol. The Morgan fingerprint density at radius 3 is 2.50 bits per heavy atom. The first-order chi connectivity index (χ1) is 10.5. The minimum Gasteiger partial charge on any atom is -0.492 e. The van der Waals surface area contributed by atoms with Crippen molar-refractivity contribution < 1.29 is 14.4 Å². The van der Waals surface area contributed by atoms with Crippen LogP contribution < -0.4 is 9.64 Å². The Balaban J connectivity index is 1.69. The summed E-state index contributed by atoms with van der Waals surface area (Å²) in [5, 5.41) is 1.24. The molecule has 3 nitrogen and oxygen atoms in total. The summed E-state index contributed by atoms with van der Waals surface area (Å²) in [5.41, 5.74) is 0.985. The van der Waals surface area contributed by atoms with E-state index in [0.717, 1.165) is 37.2 Å². The van der Waals surface area contributed by atoms with Crippen LogP contribution in [-0.4, -0.2) is 38.4 Å². The van der Waals surface area contributed by atoms with E-state index in [-0.39, 0.29) is 0 Å². The Labute approximate surface area is 143 Å². The number of halogens is 2. The summed E-state index contributed by atoms with van der Waals surface area (Å²) < 4.78 is 11.6. The van der Waals surface area contributed by atoms with E-state index in [4.69, 9.17) is 32.7 Å². The third-order valence-electron chi connectivity index (χ3n) is 3.98. The number of quaternary nitrogens is 1. The van der Waals surface area contributed by atoms with Crippen LogP contribution in [0, 0.1) is 6.92 Å². The molecule has 1 saturated heterocycles. The van der Waals surface area contributed by atoms with Gasteiger partial charge >= 0.3 is 0 Å². The van der Waals surface area contributed by atoms with Gasteiger partial charge in [0, 0.05) is 5.02 Å². The van der Waals surface area contributed by atoms with Crippen molar-refractivity contribution >= 4 is 23.2 Å². The largest absolute Gasteiger partial charge is 0.492 e. The molecule has 1 aromatic carbocycles. The molecule has 0 aliphatic carbocycles. The number of benzene rings is 1. The maximum Gasteiger partial charge on any atom is 0.140 e. The van der Waals surface area contributed by atoms with E-state index in [1.807, 2.05) is 13.0 Å². The van der Waals surface area contributed by atoms with Crippen molar-refractivity contribution in [1.82, 2.24) is 0 Å². The molecule has 0 amide bonds. The van der Waals surface area contributed by atoms with Crippen molar-refractivity contribution in [3.05, 3.63) is 27.7 Å². The highest BCUT2D eigenvalue weighted by Crippen LogP contribution is 2.31. The van der Waals surface area contributed by atoms with Gasteiger partial charge in [0.1, 0.15) is 31.0 Å². The van der Waals surface area contributed by atoms with Gasteiger partial charge < -0.3 is 14.4 Å². The van der Waals surface area contributed by atoms with Crippen LogP contribution in [0.5, 0.6) is 5.75 Å². The molecule has 1 fully saturated rings. The van der Waals surface area contributed by atoms with Crippen LogP contribution in [0.4, 0.5) is 0 Å². The Morgan fingerprint density at radius 2 is 1.86 bits per heavy atom. The standard InChI is InChI=1S/C17H25Cl2NO2/c1-12-8-15(18)9-16(19)17(12)21-7-5-4-6-20-10-13(2)22-14(3)11-20/h8-9,13-14H,4-7,10-11H2,1-3H3/p+1/t13-,14+. The Kier molecular flexibility index (Phi) is 6.82. The van der Waals surface area contributed by atoms with Crippen LogP contribution >= 0.6 is 23.2 Å². The van der Waals surface area contributed by atoms with Gasteiger partial charge in [0.05, 0.1) is 18.2 Å². The van der Waals surface area contributed by atoms with Gasteiger partial charge in [0.2, 0.25) is 0 Å². The summed E-state index contributed by atoms with van der Waals surface area (Å²) in [6, 6.07) is 3.61. The van der Waals surface area contributed by atoms with Crippen LogP contribution in [0.1, 0.15) is 32.3 Å². The maximum atomic E-state index is 6.17. The van der Waals surface area contributed by atoms with Crippen molar-refractivity contribution in [3.63, 3.8) is 0 Å². The third-order valence-corrected chi connectivity index (χ3v) is 4.48. The van der Waals surface area contributed by atoms with E-state index >= 15 is 0 Å². The summed E-state index contributed by atoms with van der Waals surface area (Å²) in [4.78, 5) is 1.63. The van der Waals surface area contributed by atoms with Crippen LogP contribution in [0.25, 0.3) is 0 Å². The first kappa shape index (κ1) is 17.9. The van der Waals surface area contributed by atoms with E-state index in [2.05, 4.69) is 13.8 Å². The zero-order valence-corrected chi connectivity index (χ0v) is 15.1. The highest BCUT2D eigenvalue weighted by atomic mass is 35.5. The van der Waals surface area contributed by atoms with Gasteiger partial charge in [-0.1, -0.05) is 23.2 Å². The van der Waals surface area contributed by atoms with E-state index in [1.165, 1.54) is 6.54 Å². The zero-order valence-electron chi connectivity index (χ0n) is 13.6. The Bertz CT molecular complexity index is 463. The molecule has 1 aliphatic rings. The molecule has 3 atom stereocenters. The fraction of sp³-hybridized carbons (Fsp3) is 0.647. The average Bonchev–Trinajstić information content (AvgIpc) is 2.39. The zero-order chi connectivity index (χ0) is 16.1. The van der Waals surface area contributed by atoms with Crippen molar-refractivity contribution in [3.8, 4) is 5.75 Å². The summed E-state index contributed by atoms with van der Waals surface area (Å²) in [6.07, 6.45) is 2.92. The topological polar surface area (TPSA) is 22.9 Å². The lowest BCUT2D eigenvalue weighted by atomic mass is 10.2. The van der Waals surface area contributed by atoms with Gasteiger partial charge in [-0.3, -0.25) is 0 Å². The number of hydrogen-bond acceptors (Lipinski definition) is 2. The molecule has 0 aromatic heterocycles. The highest BCUT2D eigenvalue weighted by molar-refractivity contribution is 6.35. The van der Waals surface area contributed by atoms with Gasteiger partial charge in [-0.05, 0) is 51.3 Å². The van der Waals surface area contributed by atoms with E-state index in [1.54, 1.807) is 11.0 Å². The number of nitrogens with one attached hydrogen (secondary N) is 1. The first-order valence-electron chi connectivity index (χ1n) is 8.03. The first-order valence-corrected chi connectivity index (χ1v) is 8.78. The summed E-state index contributed by atoms with van der Waals surface area (Å²) >= 11 is 12.1. The van der Waals surface area contributed by atoms with Crippen LogP contribution in [0.2, 0.25) is 10.0 Å². The average molecular weight is 347 g/mol. The molecule has 124 valence electrons. The number of ether oxygens (including phenoxy) is 2. The second-order valence-electron chi connectivity index (χ2n) is 6.25. The summed E-state index contributed by atoms with van der Waals surface area (Å²) in [7, 11) is 0. The molecule has 0 radical (unpaired) electrons. The molecule has 1 aromatic rings. The number of rotatable bonds is 6. The quantitative estimate of drug-likeness (QED) is 0.799. The maximum absolute atomic E-state index is 6.17. The van der Waals surface area contributed by atoms with E-state index in [0.29, 0.717) is 28.9 Å². The fourth-order valence-electron chi connectivity index (χ4n) is 3.12. The molecule has 5 heteroatoms. The molecule has 0 saturated carbocycles. The number of hydrogen-bond donors (Lipinski definition) is 1. The summed E-state index contributed by atoms with van der Waals surface area (Å²) in [6.45, 7) is 10.4. The molecule has 1 aliphatic heterocycles. The Hall–Kier alpha value is -0.480. The molecule has 0 spiro atoms. The summed E-state index contributed by atoms with van der Waals surface area (Å²) in [5.74, 6) is 0.757. The second-order valence-corrected chi connectivity index (χ2v) is 7.10. The van der Waals surface area contributed by atoms with Crippen molar-refractivity contribution in [1.29, 1.82) is 0 Å². The second kappa shape index (κ2) is 8.39. The van der Waals surface area contributed by atoms with E-state index in [9.17, 15) is 0 Å². The van der Waals surface area contributed by atoms with Crippen LogP contribution in [0.15, 0.2) is 12.1 Å². The molecule has 1 heterocycles. The van der Waals surface area contributed by atoms with Crippen LogP contribution in [-0.2, 0) is 4.74 Å². The molecule has 1 unspecified atom stereocenters. The lowest BCUT2D eigenvalue weighted by Gasteiger charge is -2.32. The van der Waals surface area contributed by atoms with Gasteiger partial charge in [-0.25, -0.2) is 0 Å². The lowest BCUT2D eigenvalue weighted by molar-refractivity contribution is -0.915. The highest BCUT2D eigenvalue weighted by Gasteiger charge is 2.24. The van der Waals surface area contributed by atoms with Crippen molar-refractivity contribution in [2.24, 2.45) is 0 Å². The smallest absolute Gasteiger partial charge is 0.140 e. The van der Waals surface area contributed by atoms with E-state index < -0.39 is 0 Å². The number of morpholine rings is 1. The van der Waals surface area contributed by atoms with Crippen LogP contribution in [0.3, 0.4) is 0 Å². The predicted octanol–water partition coefficient (Wildman–Crippen LogP) is 3.15. The lowest BCUT2D eigenvalue weighted by Crippen LogP contribution is -3.15. The molecule has 0 bridgehead atoms. The normalized spacial score (nSPS) is 25.2. The molecule has 22 heavy (non-hydrogen) atoms. The molecule has 1 N–H and O–H groups in total. The molecular formula is C17H26Cl2NO2+. The van der Waals surface area contributed by atoms with Gasteiger partial charge in [-0.15, -0.1) is 0 Å². The van der Waals surface area contributed by atoms with Gasteiger partial charge in [-0.2, -0.15) is 0 Å². The minimum atomic E-state index is 0.366. The monoisotopic (exact) mass is 346 g/mol. The van der Waals surface area contributed by atoms with Gasteiger partial charge in [0.25, 0.3) is 0 Å². The van der Waals surface area contributed by atoms with Gasteiger partial charge in [0.15, 0.2) is 0 Å². The van der Waals surface area contributed by atoms with Crippen molar-refractivity contribution in [2.45, 2.75) is 45.8 Å². The SMILES string of the molecule is Cc1cc(Cl)cc(Cl)c1OCCCC[NH+]1C[C@@H](C)O[C@@H](C)C1. The van der Waals surface area contributed by atoms with Crippen molar-refractivity contribution in [2.75, 3.05) is 26.2 Å². The fourth-order valence-corrected chi connectivity index (χ4v) is 3.77. The minimum absolute atomic E-state index is 0.366.